The molecular formula is C15H25N3O4S. The van der Waals surface area contributed by atoms with Crippen LogP contribution in [0.4, 0.5) is 4.79 Å². The van der Waals surface area contributed by atoms with Gasteiger partial charge in [-0.15, -0.1) is 0 Å². The van der Waals surface area contributed by atoms with E-state index in [1.54, 1.807) is 4.90 Å². The maximum Gasteiger partial charge on any atom is 0.311 e. The van der Waals surface area contributed by atoms with Gasteiger partial charge in [-0.2, -0.15) is 0 Å². The van der Waals surface area contributed by atoms with Gasteiger partial charge in [0, 0.05) is 26.2 Å². The lowest BCUT2D eigenvalue weighted by Gasteiger charge is -2.22. The first-order valence-corrected chi connectivity index (χ1v) is 9.04. The Labute approximate surface area is 141 Å². The second-order valence-corrected chi connectivity index (χ2v) is 6.28. The van der Waals surface area contributed by atoms with Crippen LogP contribution in [0.2, 0.25) is 0 Å². The second kappa shape index (κ2) is 10.3. The lowest BCUT2D eigenvalue weighted by atomic mass is 10.2. The number of nitrogens with zero attached hydrogens (tertiary/aromatic N) is 2. The van der Waals surface area contributed by atoms with Crippen molar-refractivity contribution in [2.45, 2.75) is 39.5 Å². The Balaban J connectivity index is 2.42. The topological polar surface area (TPSA) is 86.8 Å². The zero-order chi connectivity index (χ0) is 17.2. The Hall–Kier alpha value is -1.57. The average molecular weight is 343 g/mol. The number of imide groups is 1. The molecule has 0 atom stereocenters. The van der Waals surface area contributed by atoms with Gasteiger partial charge in [0.05, 0.1) is 5.75 Å². The Bertz CT molecular complexity index is 432. The van der Waals surface area contributed by atoms with Crippen molar-refractivity contribution in [3.63, 3.8) is 0 Å². The van der Waals surface area contributed by atoms with E-state index in [1.807, 2.05) is 13.8 Å². The molecule has 23 heavy (non-hydrogen) atoms. The highest BCUT2D eigenvalue weighted by atomic mass is 32.2. The second-order valence-electron chi connectivity index (χ2n) is 5.36. The van der Waals surface area contributed by atoms with Crippen molar-refractivity contribution in [1.82, 2.24) is 15.1 Å². The van der Waals surface area contributed by atoms with Crippen molar-refractivity contribution in [3.05, 3.63) is 0 Å². The predicted octanol–water partition coefficient (Wildman–Crippen LogP) is 1.23. The highest BCUT2D eigenvalue weighted by Gasteiger charge is 2.29. The van der Waals surface area contributed by atoms with Gasteiger partial charge >= 0.3 is 11.8 Å². The first kappa shape index (κ1) is 19.5. The van der Waals surface area contributed by atoms with Crippen LogP contribution in [0.5, 0.6) is 0 Å². The Morgan fingerprint density at radius 1 is 1.17 bits per heavy atom. The molecule has 0 radical (unpaired) electrons. The van der Waals surface area contributed by atoms with Crippen LogP contribution >= 0.6 is 11.8 Å². The highest BCUT2D eigenvalue weighted by molar-refractivity contribution is 8.14. The van der Waals surface area contributed by atoms with E-state index in [-0.39, 0.29) is 30.0 Å². The number of carbonyl (C=O) groups is 4. The van der Waals surface area contributed by atoms with Crippen molar-refractivity contribution in [3.8, 4) is 0 Å². The third kappa shape index (κ3) is 6.21. The molecule has 1 aliphatic heterocycles. The smallest absolute Gasteiger partial charge is 0.311 e. The number of thioether (sulfide) groups is 1. The molecule has 0 unspecified atom stereocenters. The fourth-order valence-corrected chi connectivity index (χ4v) is 2.86. The van der Waals surface area contributed by atoms with Gasteiger partial charge in [0.2, 0.25) is 5.91 Å². The summed E-state index contributed by atoms with van der Waals surface area (Å²) in [7, 11) is 0. The van der Waals surface area contributed by atoms with Gasteiger partial charge in [-0.25, -0.2) is 0 Å². The average Bonchev–Trinajstić information content (AvgIpc) is 2.86. The van der Waals surface area contributed by atoms with E-state index in [0.717, 1.165) is 42.3 Å². The molecule has 4 amide bonds. The lowest BCUT2D eigenvalue weighted by molar-refractivity contribution is -0.146. The number of hydrogen-bond donors (Lipinski definition) is 1. The molecule has 1 N–H and O–H groups in total. The molecule has 0 aliphatic carbocycles. The van der Waals surface area contributed by atoms with Crippen molar-refractivity contribution in [2.24, 2.45) is 0 Å². The summed E-state index contributed by atoms with van der Waals surface area (Å²) in [6.07, 6.45) is 3.62. The summed E-state index contributed by atoms with van der Waals surface area (Å²) in [5, 5.41) is 2.20. The van der Waals surface area contributed by atoms with Gasteiger partial charge < -0.3 is 10.2 Å². The molecule has 0 saturated carbocycles. The molecule has 0 aromatic heterocycles. The van der Waals surface area contributed by atoms with Gasteiger partial charge in [-0.3, -0.25) is 24.1 Å². The molecule has 0 spiro atoms. The summed E-state index contributed by atoms with van der Waals surface area (Å²) in [6, 6.07) is 0. The van der Waals surface area contributed by atoms with Crippen LogP contribution in [0, 0.1) is 0 Å². The van der Waals surface area contributed by atoms with Crippen LogP contribution < -0.4 is 5.32 Å². The van der Waals surface area contributed by atoms with Crippen LogP contribution in [-0.2, 0) is 14.4 Å². The monoisotopic (exact) mass is 343 g/mol. The lowest BCUT2D eigenvalue weighted by Crippen LogP contribution is -2.46. The van der Waals surface area contributed by atoms with Crippen LogP contribution in [0.15, 0.2) is 0 Å². The summed E-state index contributed by atoms with van der Waals surface area (Å²) in [5.41, 5.74) is 0. The molecule has 8 heteroatoms. The molecule has 1 fully saturated rings. The number of carbonyl (C=O) groups excluding carboxylic acids is 4. The molecule has 1 aliphatic rings. The zero-order valence-electron chi connectivity index (χ0n) is 13.8. The molecule has 1 saturated heterocycles. The van der Waals surface area contributed by atoms with E-state index in [1.165, 1.54) is 0 Å². The number of rotatable bonds is 9. The van der Waals surface area contributed by atoms with Gasteiger partial charge in [0.15, 0.2) is 0 Å². The minimum Gasteiger partial charge on any atom is -0.346 e. The normalized spacial score (nSPS) is 14.3. The van der Waals surface area contributed by atoms with E-state index in [4.69, 9.17) is 0 Å². The maximum atomic E-state index is 12.2. The van der Waals surface area contributed by atoms with Crippen molar-refractivity contribution >= 4 is 34.7 Å². The first-order chi connectivity index (χ1) is 11.0. The maximum absolute atomic E-state index is 12.2. The number of hydrogen-bond acceptors (Lipinski definition) is 5. The SMILES string of the molecule is CCCCN(CCCC)C(=O)C(=O)NCCN1C(=O)CSC1=O. The Morgan fingerprint density at radius 3 is 2.26 bits per heavy atom. The molecule has 1 heterocycles. The third-order valence-electron chi connectivity index (χ3n) is 3.51. The summed E-state index contributed by atoms with van der Waals surface area (Å²) < 4.78 is 0. The van der Waals surface area contributed by atoms with E-state index in [2.05, 4.69) is 5.32 Å². The van der Waals surface area contributed by atoms with Gasteiger partial charge in [-0.1, -0.05) is 38.5 Å². The first-order valence-electron chi connectivity index (χ1n) is 8.05. The molecular weight excluding hydrogens is 318 g/mol. The standard InChI is InChI=1S/C15H25N3O4S/c1-3-5-8-17(9-6-4-2)14(21)13(20)16-7-10-18-12(19)11-23-15(18)22/h3-11H2,1-2H3,(H,16,20). The number of amides is 4. The summed E-state index contributed by atoms with van der Waals surface area (Å²) in [6.45, 7) is 5.41. The zero-order valence-corrected chi connectivity index (χ0v) is 14.6. The Kier molecular flexibility index (Phi) is 8.68. The number of nitrogens with one attached hydrogen (secondary N) is 1. The van der Waals surface area contributed by atoms with Gasteiger partial charge in [0.1, 0.15) is 0 Å². The molecule has 0 bridgehead atoms. The van der Waals surface area contributed by atoms with E-state index in [9.17, 15) is 19.2 Å². The van der Waals surface area contributed by atoms with Crippen molar-refractivity contribution in [2.75, 3.05) is 31.9 Å². The molecule has 7 nitrogen and oxygen atoms in total. The minimum atomic E-state index is -0.677. The molecule has 0 aromatic rings. The summed E-state index contributed by atoms with van der Waals surface area (Å²) in [4.78, 5) is 49.7. The highest BCUT2D eigenvalue weighted by Crippen LogP contribution is 2.17. The van der Waals surface area contributed by atoms with Gasteiger partial charge in [-0.05, 0) is 12.8 Å². The molecule has 130 valence electrons. The van der Waals surface area contributed by atoms with Crippen LogP contribution in [0.3, 0.4) is 0 Å². The van der Waals surface area contributed by atoms with Crippen molar-refractivity contribution < 1.29 is 19.2 Å². The van der Waals surface area contributed by atoms with Crippen LogP contribution in [0.1, 0.15) is 39.5 Å². The quantitative estimate of drug-likeness (QED) is 0.636. The molecule has 1 rings (SSSR count). The largest absolute Gasteiger partial charge is 0.346 e. The fraction of sp³-hybridized carbons (Fsp3) is 0.733. The van der Waals surface area contributed by atoms with E-state index in [0.29, 0.717) is 13.1 Å². The van der Waals surface area contributed by atoms with Crippen molar-refractivity contribution in [1.29, 1.82) is 0 Å². The predicted molar refractivity (Wildman–Crippen MR) is 89.0 cm³/mol. The minimum absolute atomic E-state index is 0.0952. The van der Waals surface area contributed by atoms with Crippen LogP contribution in [-0.4, -0.2) is 64.7 Å². The van der Waals surface area contributed by atoms with Crippen LogP contribution in [0.25, 0.3) is 0 Å². The summed E-state index contributed by atoms with van der Waals surface area (Å²) in [5.74, 6) is -1.33. The number of unbranched alkanes of at least 4 members (excludes halogenated alkanes) is 2. The van der Waals surface area contributed by atoms with Gasteiger partial charge in [0.25, 0.3) is 5.24 Å². The molecule has 0 aromatic carbocycles. The van der Waals surface area contributed by atoms with E-state index < -0.39 is 11.8 Å². The third-order valence-corrected chi connectivity index (χ3v) is 4.36. The summed E-state index contributed by atoms with van der Waals surface area (Å²) >= 11 is 0.951. The Morgan fingerprint density at radius 2 is 1.78 bits per heavy atom. The van der Waals surface area contributed by atoms with E-state index >= 15 is 0 Å². The fourth-order valence-electron chi connectivity index (χ4n) is 2.11.